The van der Waals surface area contributed by atoms with Crippen molar-refractivity contribution in [3.63, 3.8) is 0 Å². The van der Waals surface area contributed by atoms with E-state index in [4.69, 9.17) is 9.15 Å². The van der Waals surface area contributed by atoms with Gasteiger partial charge in [0.25, 0.3) is 5.56 Å². The number of aromatic nitrogens is 1. The van der Waals surface area contributed by atoms with Crippen molar-refractivity contribution in [1.82, 2.24) is 4.57 Å². The first-order valence-corrected chi connectivity index (χ1v) is 14.0. The van der Waals surface area contributed by atoms with Crippen molar-refractivity contribution in [3.8, 4) is 11.5 Å². The van der Waals surface area contributed by atoms with Crippen LogP contribution in [0.3, 0.4) is 0 Å². The second kappa shape index (κ2) is 11.5. The van der Waals surface area contributed by atoms with Crippen LogP contribution in [0.2, 0.25) is 0 Å². The van der Waals surface area contributed by atoms with Crippen molar-refractivity contribution in [1.29, 1.82) is 0 Å². The molecule has 0 spiro atoms. The highest BCUT2D eigenvalue weighted by Crippen LogP contribution is 2.39. The number of ether oxygens (including phenoxy) is 1. The van der Waals surface area contributed by atoms with E-state index in [2.05, 4.69) is 4.90 Å². The van der Waals surface area contributed by atoms with Crippen LogP contribution in [-0.2, 0) is 12.7 Å². The van der Waals surface area contributed by atoms with Crippen LogP contribution in [0.1, 0.15) is 25.0 Å². The molecule has 0 fully saturated rings. The second-order valence-corrected chi connectivity index (χ2v) is 10.6. The van der Waals surface area contributed by atoms with Crippen LogP contribution in [0, 0.1) is 0 Å². The first-order valence-electron chi connectivity index (χ1n) is 13.1. The van der Waals surface area contributed by atoms with Gasteiger partial charge in [-0.1, -0.05) is 23.9 Å². The number of hydrogen-bond donors (Lipinski definition) is 1. The summed E-state index contributed by atoms with van der Waals surface area (Å²) in [5, 5.41) is 11.6. The van der Waals surface area contributed by atoms with Gasteiger partial charge in [-0.2, -0.15) is 13.2 Å². The number of pyridine rings is 1. The van der Waals surface area contributed by atoms with Crippen molar-refractivity contribution in [2.75, 3.05) is 25.1 Å². The number of hydrogen-bond acceptors (Lipinski definition) is 7. The lowest BCUT2D eigenvalue weighted by Crippen LogP contribution is -2.24. The SMILES string of the molecule is CCN(CC)c1ccc2c(c1)c1oc(=O)c(Sc3ccc(C(F)(F)F)cc3)c(O)c1c(=O)n2Cc1cccc(OC)c1. The summed E-state index contributed by atoms with van der Waals surface area (Å²) >= 11 is 0.723. The van der Waals surface area contributed by atoms with Crippen molar-refractivity contribution in [2.45, 2.75) is 36.4 Å². The topological polar surface area (TPSA) is 84.9 Å². The minimum Gasteiger partial charge on any atom is -0.505 e. The largest absolute Gasteiger partial charge is 0.505 e. The van der Waals surface area contributed by atoms with Gasteiger partial charge in [-0.25, -0.2) is 4.79 Å². The van der Waals surface area contributed by atoms with Crippen LogP contribution in [0.5, 0.6) is 11.5 Å². The predicted octanol–water partition coefficient (Wildman–Crippen LogP) is 6.89. The van der Waals surface area contributed by atoms with Gasteiger partial charge in [-0.05, 0) is 74.0 Å². The maximum Gasteiger partial charge on any atom is 0.416 e. The molecule has 0 aliphatic rings. The third kappa shape index (κ3) is 5.44. The Hall–Kier alpha value is -4.38. The number of benzene rings is 3. The lowest BCUT2D eigenvalue weighted by molar-refractivity contribution is -0.137. The van der Waals surface area contributed by atoms with Gasteiger partial charge in [-0.3, -0.25) is 4.79 Å². The predicted molar refractivity (Wildman–Crippen MR) is 157 cm³/mol. The number of aromatic hydroxyl groups is 1. The fourth-order valence-corrected chi connectivity index (χ4v) is 5.73. The lowest BCUT2D eigenvalue weighted by Gasteiger charge is -2.22. The van der Waals surface area contributed by atoms with Gasteiger partial charge in [0.2, 0.25) is 0 Å². The van der Waals surface area contributed by atoms with Crippen molar-refractivity contribution >= 4 is 39.3 Å². The molecule has 0 saturated carbocycles. The summed E-state index contributed by atoms with van der Waals surface area (Å²) in [5.74, 6) is 0.0178. The Morgan fingerprint density at radius 2 is 1.71 bits per heavy atom. The zero-order chi connectivity index (χ0) is 30.2. The number of halogens is 3. The normalized spacial score (nSPS) is 11.8. The highest BCUT2D eigenvalue weighted by molar-refractivity contribution is 7.99. The molecular formula is C31H27F3N2O5S. The summed E-state index contributed by atoms with van der Waals surface area (Å²) in [4.78, 5) is 29.2. The van der Waals surface area contributed by atoms with Crippen molar-refractivity contribution < 1.29 is 27.4 Å². The van der Waals surface area contributed by atoms with Crippen LogP contribution < -0.4 is 20.8 Å². The van der Waals surface area contributed by atoms with E-state index < -0.39 is 28.7 Å². The molecule has 0 aliphatic carbocycles. The van der Waals surface area contributed by atoms with E-state index in [1.807, 2.05) is 32.0 Å². The maximum absolute atomic E-state index is 14.0. The summed E-state index contributed by atoms with van der Waals surface area (Å²) in [5.41, 5.74) is -0.317. The Morgan fingerprint density at radius 3 is 2.36 bits per heavy atom. The van der Waals surface area contributed by atoms with Gasteiger partial charge in [0.15, 0.2) is 11.3 Å². The third-order valence-corrected chi connectivity index (χ3v) is 8.11. The fraction of sp³-hybridized carbons (Fsp3) is 0.226. The zero-order valence-electron chi connectivity index (χ0n) is 23.0. The molecular weight excluding hydrogens is 569 g/mol. The molecule has 1 N–H and O–H groups in total. The molecule has 2 aromatic heterocycles. The average Bonchev–Trinajstić information content (AvgIpc) is 2.97. The number of nitrogens with zero attached hydrogens (tertiary/aromatic N) is 2. The molecule has 7 nitrogen and oxygen atoms in total. The average molecular weight is 597 g/mol. The van der Waals surface area contributed by atoms with Crippen LogP contribution in [0.15, 0.2) is 90.5 Å². The molecule has 5 aromatic rings. The molecule has 218 valence electrons. The quantitative estimate of drug-likeness (QED) is 0.195. The highest BCUT2D eigenvalue weighted by Gasteiger charge is 2.30. The zero-order valence-corrected chi connectivity index (χ0v) is 23.8. The smallest absolute Gasteiger partial charge is 0.416 e. The van der Waals surface area contributed by atoms with Gasteiger partial charge in [0.05, 0.1) is 24.7 Å². The number of fused-ring (bicyclic) bond motifs is 3. The number of rotatable bonds is 8. The second-order valence-electron chi connectivity index (χ2n) is 9.51. The van der Waals surface area contributed by atoms with E-state index in [9.17, 15) is 27.9 Å². The van der Waals surface area contributed by atoms with E-state index in [0.29, 0.717) is 29.7 Å². The lowest BCUT2D eigenvalue weighted by atomic mass is 10.1. The van der Waals surface area contributed by atoms with Crippen LogP contribution in [0.4, 0.5) is 18.9 Å². The standard InChI is InChI=1S/C31H27F3N2O5S/c1-4-35(5-2)20-11-14-24-23(16-20)27-25(29(38)36(24)17-18-7-6-8-21(15-18)40-3)26(37)28(30(39)41-27)42-22-12-9-19(10-13-22)31(32,33)34/h6-16,37H,4-5,17H2,1-3H3. The van der Waals surface area contributed by atoms with Crippen LogP contribution >= 0.6 is 11.8 Å². The van der Waals surface area contributed by atoms with Gasteiger partial charge < -0.3 is 23.7 Å². The fourth-order valence-electron chi connectivity index (χ4n) is 4.90. The van der Waals surface area contributed by atoms with E-state index in [1.54, 1.807) is 31.4 Å². The number of alkyl halides is 3. The molecule has 3 aromatic carbocycles. The number of anilines is 1. The summed E-state index contributed by atoms with van der Waals surface area (Å²) in [6, 6.07) is 16.8. The molecule has 5 rings (SSSR count). The minimum atomic E-state index is -4.52. The molecule has 0 unspecified atom stereocenters. The Kier molecular flexibility index (Phi) is 7.96. The summed E-state index contributed by atoms with van der Waals surface area (Å²) in [6.07, 6.45) is -4.52. The molecule has 11 heteroatoms. The van der Waals surface area contributed by atoms with Crippen LogP contribution in [-0.4, -0.2) is 29.9 Å². The molecule has 0 aliphatic heterocycles. The van der Waals surface area contributed by atoms with Gasteiger partial charge in [0, 0.05) is 29.1 Å². The molecule has 0 amide bonds. The van der Waals surface area contributed by atoms with E-state index >= 15 is 0 Å². The minimum absolute atomic E-state index is 0.0647. The van der Waals surface area contributed by atoms with Crippen LogP contribution in [0.25, 0.3) is 21.9 Å². The van der Waals surface area contributed by atoms with E-state index in [-0.39, 0.29) is 27.3 Å². The van der Waals surface area contributed by atoms with Gasteiger partial charge in [0.1, 0.15) is 16.0 Å². The van der Waals surface area contributed by atoms with E-state index in [0.717, 1.165) is 35.1 Å². The maximum atomic E-state index is 14.0. The van der Waals surface area contributed by atoms with Gasteiger partial charge >= 0.3 is 11.8 Å². The molecule has 0 atom stereocenters. The molecule has 0 radical (unpaired) electrons. The van der Waals surface area contributed by atoms with E-state index in [1.165, 1.54) is 16.7 Å². The van der Waals surface area contributed by atoms with Gasteiger partial charge in [-0.15, -0.1) is 0 Å². The number of methoxy groups -OCH3 is 1. The Labute approximate surface area is 242 Å². The Bertz CT molecular complexity index is 1900. The Balaban J connectivity index is 1.74. The molecule has 42 heavy (non-hydrogen) atoms. The highest BCUT2D eigenvalue weighted by atomic mass is 32.2. The van der Waals surface area contributed by atoms with Crippen molar-refractivity contribution in [2.24, 2.45) is 0 Å². The first kappa shape index (κ1) is 29.1. The summed E-state index contributed by atoms with van der Waals surface area (Å²) in [6.45, 7) is 5.57. The molecule has 0 bridgehead atoms. The Morgan fingerprint density at radius 1 is 1.00 bits per heavy atom. The summed E-state index contributed by atoms with van der Waals surface area (Å²) in [7, 11) is 1.54. The summed E-state index contributed by atoms with van der Waals surface area (Å²) < 4.78 is 51.6. The first-order chi connectivity index (χ1) is 20.0. The molecule has 0 saturated heterocycles. The van der Waals surface area contributed by atoms with Crippen molar-refractivity contribution in [3.05, 3.63) is 98.6 Å². The monoisotopic (exact) mass is 596 g/mol. The molecule has 2 heterocycles. The third-order valence-electron chi connectivity index (χ3n) is 7.04.